The van der Waals surface area contributed by atoms with Crippen LogP contribution in [-0.4, -0.2) is 14.7 Å². The average molecular weight is 259 g/mol. The van der Waals surface area contributed by atoms with E-state index in [0.29, 0.717) is 10.0 Å². The summed E-state index contributed by atoms with van der Waals surface area (Å²) in [5.41, 5.74) is 0.394. The molecule has 0 N–H and O–H groups in total. The van der Waals surface area contributed by atoms with Crippen molar-refractivity contribution in [2.24, 2.45) is 0 Å². The van der Waals surface area contributed by atoms with E-state index < -0.39 is 9.84 Å². The van der Waals surface area contributed by atoms with E-state index in [2.05, 4.69) is 21.9 Å². The van der Waals surface area contributed by atoms with Crippen molar-refractivity contribution in [2.45, 2.75) is 4.90 Å². The molecule has 68 valence electrons. The maximum atomic E-state index is 11.2. The van der Waals surface area contributed by atoms with Gasteiger partial charge in [-0.1, -0.05) is 21.9 Å². The van der Waals surface area contributed by atoms with E-state index in [0.717, 1.165) is 6.26 Å². The fourth-order valence-corrected chi connectivity index (χ4v) is 2.30. The van der Waals surface area contributed by atoms with Gasteiger partial charge in [-0.3, -0.25) is 0 Å². The zero-order chi connectivity index (χ0) is 10.1. The van der Waals surface area contributed by atoms with Crippen molar-refractivity contribution in [1.82, 2.24) is 0 Å². The Labute approximate surface area is 86.0 Å². The van der Waals surface area contributed by atoms with Crippen LogP contribution in [0.3, 0.4) is 0 Å². The minimum Gasteiger partial charge on any atom is -0.224 e. The third kappa shape index (κ3) is 2.33. The summed E-state index contributed by atoms with van der Waals surface area (Å²) in [6.45, 7) is 0. The van der Waals surface area contributed by atoms with Gasteiger partial charge in [-0.15, -0.1) is 6.42 Å². The second-order valence-electron chi connectivity index (χ2n) is 2.56. The molecule has 13 heavy (non-hydrogen) atoms. The van der Waals surface area contributed by atoms with Crippen molar-refractivity contribution in [3.63, 3.8) is 0 Å². The van der Waals surface area contributed by atoms with Gasteiger partial charge in [0, 0.05) is 16.3 Å². The lowest BCUT2D eigenvalue weighted by Crippen LogP contribution is -2.00. The van der Waals surface area contributed by atoms with Gasteiger partial charge in [0.05, 0.1) is 4.90 Å². The summed E-state index contributed by atoms with van der Waals surface area (Å²) in [5.74, 6) is 2.33. The van der Waals surface area contributed by atoms with Crippen LogP contribution in [0.4, 0.5) is 0 Å². The summed E-state index contributed by atoms with van der Waals surface area (Å²) in [7, 11) is -3.24. The molecule has 0 amide bonds. The predicted molar refractivity (Wildman–Crippen MR) is 55.2 cm³/mol. The third-order valence-corrected chi connectivity index (χ3v) is 3.13. The molecule has 0 saturated heterocycles. The quantitative estimate of drug-likeness (QED) is 0.721. The van der Waals surface area contributed by atoms with Crippen molar-refractivity contribution in [2.75, 3.05) is 6.26 Å². The molecule has 2 nitrogen and oxygen atoms in total. The lowest BCUT2D eigenvalue weighted by Gasteiger charge is -2.02. The van der Waals surface area contributed by atoms with Crippen molar-refractivity contribution in [1.29, 1.82) is 0 Å². The zero-order valence-electron chi connectivity index (χ0n) is 6.91. The summed E-state index contributed by atoms with van der Waals surface area (Å²) in [6.07, 6.45) is 6.30. The van der Waals surface area contributed by atoms with Gasteiger partial charge >= 0.3 is 0 Å². The van der Waals surface area contributed by atoms with Crippen LogP contribution in [0.25, 0.3) is 0 Å². The van der Waals surface area contributed by atoms with E-state index in [4.69, 9.17) is 6.42 Å². The number of terminal acetylenes is 1. The first-order chi connectivity index (χ1) is 5.95. The molecule has 0 unspecified atom stereocenters. The van der Waals surface area contributed by atoms with Gasteiger partial charge in [-0.25, -0.2) is 8.42 Å². The van der Waals surface area contributed by atoms with E-state index in [1.165, 1.54) is 6.07 Å². The maximum Gasteiger partial charge on any atom is 0.176 e. The number of hydrogen-bond acceptors (Lipinski definition) is 2. The number of sulfone groups is 1. The van der Waals surface area contributed by atoms with Gasteiger partial charge in [0.25, 0.3) is 0 Å². The highest BCUT2D eigenvalue weighted by molar-refractivity contribution is 9.10. The molecule has 0 atom stereocenters. The van der Waals surface area contributed by atoms with Crippen molar-refractivity contribution >= 4 is 25.8 Å². The Balaban J connectivity index is 3.53. The maximum absolute atomic E-state index is 11.2. The summed E-state index contributed by atoms with van der Waals surface area (Å²) < 4.78 is 23.2. The fraction of sp³-hybridized carbons (Fsp3) is 0.111. The SMILES string of the molecule is C#Cc1ccc(Br)cc1S(C)(=O)=O. The number of rotatable bonds is 1. The molecule has 0 aromatic heterocycles. The molecule has 0 aliphatic rings. The molecule has 0 fully saturated rings. The molecule has 0 aliphatic carbocycles. The van der Waals surface area contributed by atoms with E-state index >= 15 is 0 Å². The lowest BCUT2D eigenvalue weighted by molar-refractivity contribution is 0.601. The Hall–Kier alpha value is -0.790. The first kappa shape index (κ1) is 10.3. The standard InChI is InChI=1S/C9H7BrO2S/c1-3-7-4-5-8(10)6-9(7)13(2,11)12/h1,4-6H,2H3. The summed E-state index contributed by atoms with van der Waals surface area (Å²) >= 11 is 3.18. The monoisotopic (exact) mass is 258 g/mol. The van der Waals surface area contributed by atoms with Gasteiger partial charge in [-0.2, -0.15) is 0 Å². The molecule has 0 aliphatic heterocycles. The number of halogens is 1. The van der Waals surface area contributed by atoms with Crippen LogP contribution in [0.1, 0.15) is 5.56 Å². The third-order valence-electron chi connectivity index (χ3n) is 1.50. The smallest absolute Gasteiger partial charge is 0.176 e. The predicted octanol–water partition coefficient (Wildman–Crippen LogP) is 1.83. The van der Waals surface area contributed by atoms with Gasteiger partial charge in [-0.05, 0) is 18.2 Å². The molecule has 1 aromatic carbocycles. The van der Waals surface area contributed by atoms with E-state index in [1.807, 2.05) is 0 Å². The Morgan fingerprint density at radius 3 is 2.54 bits per heavy atom. The molecule has 4 heteroatoms. The van der Waals surface area contributed by atoms with Crippen LogP contribution in [-0.2, 0) is 9.84 Å². The lowest BCUT2D eigenvalue weighted by atomic mass is 10.2. The van der Waals surface area contributed by atoms with Crippen LogP contribution in [0.2, 0.25) is 0 Å². The topological polar surface area (TPSA) is 34.1 Å². The first-order valence-corrected chi connectivity index (χ1v) is 6.10. The van der Waals surface area contributed by atoms with E-state index in [9.17, 15) is 8.42 Å². The second-order valence-corrected chi connectivity index (χ2v) is 5.46. The minimum atomic E-state index is -3.24. The fourth-order valence-electron chi connectivity index (χ4n) is 0.922. The summed E-state index contributed by atoms with van der Waals surface area (Å²) in [4.78, 5) is 0.185. The normalized spacial score (nSPS) is 10.8. The molecular weight excluding hydrogens is 252 g/mol. The van der Waals surface area contributed by atoms with Crippen LogP contribution < -0.4 is 0 Å². The molecule has 0 radical (unpaired) electrons. The Morgan fingerprint density at radius 1 is 1.46 bits per heavy atom. The first-order valence-electron chi connectivity index (χ1n) is 3.41. The second kappa shape index (κ2) is 3.52. The minimum absolute atomic E-state index is 0.185. The molecule has 0 spiro atoms. The number of hydrogen-bond donors (Lipinski definition) is 0. The van der Waals surface area contributed by atoms with E-state index in [1.54, 1.807) is 12.1 Å². The summed E-state index contributed by atoms with van der Waals surface area (Å²) in [5, 5.41) is 0. The van der Waals surface area contributed by atoms with Crippen molar-refractivity contribution in [3.8, 4) is 12.3 Å². The molecular formula is C9H7BrO2S. The zero-order valence-corrected chi connectivity index (χ0v) is 9.31. The molecule has 1 aromatic rings. The van der Waals surface area contributed by atoms with Crippen LogP contribution in [0.5, 0.6) is 0 Å². The van der Waals surface area contributed by atoms with E-state index in [-0.39, 0.29) is 4.90 Å². The van der Waals surface area contributed by atoms with Crippen LogP contribution >= 0.6 is 15.9 Å². The highest BCUT2D eigenvalue weighted by Gasteiger charge is 2.11. The Morgan fingerprint density at radius 2 is 2.08 bits per heavy atom. The van der Waals surface area contributed by atoms with Gasteiger partial charge in [0.15, 0.2) is 9.84 Å². The molecule has 1 rings (SSSR count). The average Bonchev–Trinajstić information content (AvgIpc) is 2.03. The molecule has 0 heterocycles. The highest BCUT2D eigenvalue weighted by Crippen LogP contribution is 2.20. The molecule has 0 bridgehead atoms. The van der Waals surface area contributed by atoms with Gasteiger partial charge < -0.3 is 0 Å². The van der Waals surface area contributed by atoms with Gasteiger partial charge in [0.1, 0.15) is 0 Å². The summed E-state index contributed by atoms with van der Waals surface area (Å²) in [6, 6.07) is 4.81. The van der Waals surface area contributed by atoms with Crippen molar-refractivity contribution in [3.05, 3.63) is 28.2 Å². The Bertz CT molecular complexity index is 469. The highest BCUT2D eigenvalue weighted by atomic mass is 79.9. The van der Waals surface area contributed by atoms with Crippen molar-refractivity contribution < 1.29 is 8.42 Å². The largest absolute Gasteiger partial charge is 0.224 e. The Kier molecular flexibility index (Phi) is 2.79. The number of benzene rings is 1. The van der Waals surface area contributed by atoms with Gasteiger partial charge in [0.2, 0.25) is 0 Å². The van der Waals surface area contributed by atoms with Crippen LogP contribution in [0.15, 0.2) is 27.6 Å². The molecule has 0 saturated carbocycles. The van der Waals surface area contributed by atoms with Crippen LogP contribution in [0, 0.1) is 12.3 Å².